The van der Waals surface area contributed by atoms with Crippen LogP contribution < -0.4 is 0 Å². The predicted molar refractivity (Wildman–Crippen MR) is 56.1 cm³/mol. The summed E-state index contributed by atoms with van der Waals surface area (Å²) in [5.41, 5.74) is 1.38. The Morgan fingerprint density at radius 2 is 2.07 bits per heavy atom. The van der Waals surface area contributed by atoms with E-state index in [0.29, 0.717) is 5.56 Å². The minimum atomic E-state index is -3.28. The normalized spacial score (nSPS) is 10.8. The highest BCUT2D eigenvalue weighted by atomic mass is 32.2. The van der Waals surface area contributed by atoms with Gasteiger partial charge in [0.2, 0.25) is 6.08 Å². The number of aliphatic imine (C=N–C) groups is 1. The highest BCUT2D eigenvalue weighted by Crippen LogP contribution is 2.18. The van der Waals surface area contributed by atoms with E-state index < -0.39 is 9.84 Å². The topological polar surface area (TPSA) is 63.6 Å². The summed E-state index contributed by atoms with van der Waals surface area (Å²) < 4.78 is 22.9. The highest BCUT2D eigenvalue weighted by Gasteiger charge is 2.12. The molecule has 0 unspecified atom stereocenters. The van der Waals surface area contributed by atoms with Crippen molar-refractivity contribution >= 4 is 15.9 Å². The molecular formula is C10H11NO3S. The summed E-state index contributed by atoms with van der Waals surface area (Å²) in [6.45, 7) is 1.85. The van der Waals surface area contributed by atoms with Crippen molar-refractivity contribution in [2.45, 2.75) is 18.4 Å². The predicted octanol–water partition coefficient (Wildman–Crippen LogP) is 1.23. The van der Waals surface area contributed by atoms with E-state index in [2.05, 4.69) is 4.99 Å². The lowest BCUT2D eigenvalue weighted by Crippen LogP contribution is -2.02. The third kappa shape index (κ3) is 3.01. The molecule has 0 bridgehead atoms. The number of carbonyl (C=O) groups excluding carboxylic acids is 1. The van der Waals surface area contributed by atoms with Crippen molar-refractivity contribution in [2.24, 2.45) is 4.99 Å². The van der Waals surface area contributed by atoms with Crippen molar-refractivity contribution in [3.8, 4) is 0 Å². The van der Waals surface area contributed by atoms with E-state index in [-0.39, 0.29) is 11.4 Å². The molecule has 0 aliphatic carbocycles. The summed E-state index contributed by atoms with van der Waals surface area (Å²) in [6, 6.07) is 5.02. The Morgan fingerprint density at radius 1 is 1.40 bits per heavy atom. The van der Waals surface area contributed by atoms with Crippen molar-refractivity contribution in [3.63, 3.8) is 0 Å². The van der Waals surface area contributed by atoms with Gasteiger partial charge in [-0.15, -0.1) is 0 Å². The van der Waals surface area contributed by atoms with E-state index in [1.165, 1.54) is 6.08 Å². The first-order valence-electron chi connectivity index (χ1n) is 4.28. The Labute approximate surface area is 88.6 Å². The van der Waals surface area contributed by atoms with Gasteiger partial charge in [0.05, 0.1) is 11.4 Å². The molecule has 0 spiro atoms. The van der Waals surface area contributed by atoms with Crippen LogP contribution in [0.25, 0.3) is 0 Å². The zero-order valence-electron chi connectivity index (χ0n) is 8.52. The number of nitrogens with zero attached hydrogens (tertiary/aromatic N) is 1. The van der Waals surface area contributed by atoms with Crippen LogP contribution >= 0.6 is 0 Å². The lowest BCUT2D eigenvalue weighted by atomic mass is 10.1. The van der Waals surface area contributed by atoms with Gasteiger partial charge in [-0.25, -0.2) is 18.2 Å². The van der Waals surface area contributed by atoms with Gasteiger partial charge in [-0.1, -0.05) is 12.1 Å². The maximum absolute atomic E-state index is 11.4. The quantitative estimate of drug-likeness (QED) is 0.574. The molecule has 15 heavy (non-hydrogen) atoms. The molecule has 5 heteroatoms. The molecule has 0 amide bonds. The first kappa shape index (κ1) is 11.6. The zero-order chi connectivity index (χ0) is 11.5. The average Bonchev–Trinajstić information content (AvgIpc) is 2.14. The Hall–Kier alpha value is -1.45. The van der Waals surface area contributed by atoms with Gasteiger partial charge in [0.1, 0.15) is 0 Å². The van der Waals surface area contributed by atoms with Crippen LogP contribution in [0.5, 0.6) is 0 Å². The Kier molecular flexibility index (Phi) is 3.39. The van der Waals surface area contributed by atoms with Crippen LogP contribution in [0, 0.1) is 6.92 Å². The van der Waals surface area contributed by atoms with Crippen LogP contribution in [-0.4, -0.2) is 20.8 Å². The summed E-state index contributed by atoms with van der Waals surface area (Å²) in [6.07, 6.45) is 2.52. The van der Waals surface area contributed by atoms with Gasteiger partial charge in [-0.2, -0.15) is 0 Å². The van der Waals surface area contributed by atoms with E-state index in [1.54, 1.807) is 25.1 Å². The van der Waals surface area contributed by atoms with Crippen LogP contribution in [0.15, 0.2) is 28.1 Å². The number of benzene rings is 1. The highest BCUT2D eigenvalue weighted by molar-refractivity contribution is 7.90. The first-order valence-corrected chi connectivity index (χ1v) is 6.17. The Bertz CT molecular complexity index is 513. The minimum absolute atomic E-state index is 0.0478. The molecule has 1 aromatic carbocycles. The monoisotopic (exact) mass is 225 g/mol. The van der Waals surface area contributed by atoms with Gasteiger partial charge in [-0.3, -0.25) is 0 Å². The van der Waals surface area contributed by atoms with Crippen LogP contribution in [0.4, 0.5) is 0 Å². The molecule has 0 fully saturated rings. The lowest BCUT2D eigenvalue weighted by Gasteiger charge is -2.05. The van der Waals surface area contributed by atoms with Crippen LogP contribution in [-0.2, 0) is 21.2 Å². The molecule has 1 aromatic rings. The number of isocyanates is 1. The first-order chi connectivity index (χ1) is 6.95. The molecule has 0 aliphatic rings. The maximum atomic E-state index is 11.4. The SMILES string of the molecule is Cc1ccc(CN=C=O)c(S(C)(=O)=O)c1. The molecule has 80 valence electrons. The van der Waals surface area contributed by atoms with Crippen molar-refractivity contribution in [2.75, 3.05) is 6.26 Å². The van der Waals surface area contributed by atoms with Gasteiger partial charge >= 0.3 is 0 Å². The third-order valence-electron chi connectivity index (χ3n) is 1.94. The summed E-state index contributed by atoms with van der Waals surface area (Å²) in [5.74, 6) is 0. The fourth-order valence-electron chi connectivity index (χ4n) is 1.26. The third-order valence-corrected chi connectivity index (χ3v) is 3.12. The smallest absolute Gasteiger partial charge is 0.224 e. The fourth-order valence-corrected chi connectivity index (χ4v) is 2.26. The minimum Gasteiger partial charge on any atom is -0.224 e. The molecule has 0 aromatic heterocycles. The van der Waals surface area contributed by atoms with Crippen molar-refractivity contribution < 1.29 is 13.2 Å². The molecule has 0 aliphatic heterocycles. The van der Waals surface area contributed by atoms with Crippen molar-refractivity contribution in [1.82, 2.24) is 0 Å². The maximum Gasteiger partial charge on any atom is 0.235 e. The van der Waals surface area contributed by atoms with Gasteiger partial charge < -0.3 is 0 Å². The van der Waals surface area contributed by atoms with Crippen LogP contribution in [0.2, 0.25) is 0 Å². The van der Waals surface area contributed by atoms with Gasteiger partial charge in [-0.05, 0) is 24.1 Å². The van der Waals surface area contributed by atoms with E-state index in [1.807, 2.05) is 0 Å². The van der Waals surface area contributed by atoms with Crippen LogP contribution in [0.3, 0.4) is 0 Å². The standard InChI is InChI=1S/C10H11NO3S/c1-8-3-4-9(6-11-7-12)10(5-8)15(2,13)14/h3-5H,6H2,1-2H3. The van der Waals surface area contributed by atoms with Crippen molar-refractivity contribution in [3.05, 3.63) is 29.3 Å². The fraction of sp³-hybridized carbons (Fsp3) is 0.300. The van der Waals surface area contributed by atoms with Crippen LogP contribution in [0.1, 0.15) is 11.1 Å². The molecular weight excluding hydrogens is 214 g/mol. The van der Waals surface area contributed by atoms with Gasteiger partial charge in [0.15, 0.2) is 9.84 Å². The second kappa shape index (κ2) is 4.38. The van der Waals surface area contributed by atoms with E-state index in [4.69, 9.17) is 0 Å². The molecule has 0 atom stereocenters. The largest absolute Gasteiger partial charge is 0.235 e. The molecule has 0 radical (unpaired) electrons. The Balaban J connectivity index is 3.33. The molecule has 4 nitrogen and oxygen atoms in total. The zero-order valence-corrected chi connectivity index (χ0v) is 9.34. The summed E-state index contributed by atoms with van der Waals surface area (Å²) in [7, 11) is -3.28. The second-order valence-corrected chi connectivity index (χ2v) is 5.28. The second-order valence-electron chi connectivity index (χ2n) is 3.29. The lowest BCUT2D eigenvalue weighted by molar-refractivity contribution is 0.562. The molecule has 0 saturated carbocycles. The molecule has 1 rings (SSSR count). The van der Waals surface area contributed by atoms with E-state index >= 15 is 0 Å². The number of sulfone groups is 1. The van der Waals surface area contributed by atoms with Gasteiger partial charge in [0.25, 0.3) is 0 Å². The number of aryl methyl sites for hydroxylation is 1. The Morgan fingerprint density at radius 3 is 2.60 bits per heavy atom. The van der Waals surface area contributed by atoms with Gasteiger partial charge in [0, 0.05) is 6.26 Å². The van der Waals surface area contributed by atoms with E-state index in [9.17, 15) is 13.2 Å². The summed E-state index contributed by atoms with van der Waals surface area (Å²) in [5, 5.41) is 0. The molecule has 0 saturated heterocycles. The molecule has 0 N–H and O–H groups in total. The van der Waals surface area contributed by atoms with E-state index in [0.717, 1.165) is 11.8 Å². The number of hydrogen-bond acceptors (Lipinski definition) is 4. The summed E-state index contributed by atoms with van der Waals surface area (Å²) >= 11 is 0. The number of hydrogen-bond donors (Lipinski definition) is 0. The van der Waals surface area contributed by atoms with Crippen molar-refractivity contribution in [1.29, 1.82) is 0 Å². The summed E-state index contributed by atoms with van der Waals surface area (Å²) in [4.78, 5) is 13.6. The number of rotatable bonds is 3. The molecule has 0 heterocycles. The average molecular weight is 225 g/mol.